The summed E-state index contributed by atoms with van der Waals surface area (Å²) in [5.74, 6) is 0. The second-order valence-corrected chi connectivity index (χ2v) is 7.55. The zero-order chi connectivity index (χ0) is 14.2. The molecule has 2 nitrogen and oxygen atoms in total. The predicted octanol–water partition coefficient (Wildman–Crippen LogP) is 4.26. The first-order chi connectivity index (χ1) is 9.60. The van der Waals surface area contributed by atoms with Crippen LogP contribution >= 0.6 is 15.9 Å². The summed E-state index contributed by atoms with van der Waals surface area (Å²) in [6, 6.07) is 7.25. The fraction of sp³-hybridized carbons (Fsp3) is 0.647. The van der Waals surface area contributed by atoms with Gasteiger partial charge < -0.3 is 10.2 Å². The Labute approximate surface area is 131 Å². The highest BCUT2D eigenvalue weighted by Gasteiger charge is 2.38. The average molecular weight is 337 g/mol. The van der Waals surface area contributed by atoms with Gasteiger partial charge in [0.2, 0.25) is 0 Å². The summed E-state index contributed by atoms with van der Waals surface area (Å²) >= 11 is 3.57. The van der Waals surface area contributed by atoms with Gasteiger partial charge in [-0.15, -0.1) is 0 Å². The Bertz CT molecular complexity index is 480. The predicted molar refractivity (Wildman–Crippen MR) is 89.5 cm³/mol. The van der Waals surface area contributed by atoms with Crippen molar-refractivity contribution >= 4 is 21.6 Å². The molecule has 110 valence electrons. The van der Waals surface area contributed by atoms with Gasteiger partial charge in [-0.1, -0.05) is 35.2 Å². The van der Waals surface area contributed by atoms with Gasteiger partial charge in [-0.2, -0.15) is 0 Å². The van der Waals surface area contributed by atoms with Crippen molar-refractivity contribution in [3.8, 4) is 0 Å². The molecule has 0 bridgehead atoms. The molecule has 1 aromatic rings. The Morgan fingerprint density at radius 3 is 2.70 bits per heavy atom. The van der Waals surface area contributed by atoms with E-state index in [2.05, 4.69) is 58.2 Å². The first kappa shape index (κ1) is 14.4. The Kier molecular flexibility index (Phi) is 4.09. The molecule has 1 aliphatic heterocycles. The van der Waals surface area contributed by atoms with E-state index in [1.807, 2.05) is 0 Å². The molecule has 1 atom stereocenters. The van der Waals surface area contributed by atoms with Gasteiger partial charge in [0.05, 0.1) is 0 Å². The van der Waals surface area contributed by atoms with Crippen LogP contribution < -0.4 is 10.2 Å². The number of aryl methyl sites for hydroxylation is 1. The van der Waals surface area contributed by atoms with Crippen molar-refractivity contribution in [2.75, 3.05) is 18.0 Å². The van der Waals surface area contributed by atoms with Gasteiger partial charge in [0, 0.05) is 34.8 Å². The number of piperazine rings is 1. The third kappa shape index (κ3) is 2.75. The van der Waals surface area contributed by atoms with Gasteiger partial charge in [-0.05, 0) is 50.5 Å². The van der Waals surface area contributed by atoms with Gasteiger partial charge in [0.1, 0.15) is 0 Å². The van der Waals surface area contributed by atoms with E-state index in [0.29, 0.717) is 11.6 Å². The zero-order valence-electron chi connectivity index (χ0n) is 12.6. The largest absolute Gasteiger partial charge is 0.365 e. The van der Waals surface area contributed by atoms with Crippen LogP contribution in [0.4, 0.5) is 5.69 Å². The molecule has 0 aromatic heterocycles. The monoisotopic (exact) mass is 336 g/mol. The number of benzene rings is 1. The Balaban J connectivity index is 1.86. The van der Waals surface area contributed by atoms with E-state index < -0.39 is 0 Å². The molecule has 1 saturated carbocycles. The lowest BCUT2D eigenvalue weighted by Crippen LogP contribution is -2.64. The lowest BCUT2D eigenvalue weighted by Gasteiger charge is -2.50. The van der Waals surface area contributed by atoms with E-state index >= 15 is 0 Å². The Morgan fingerprint density at radius 1 is 1.25 bits per heavy atom. The van der Waals surface area contributed by atoms with E-state index in [9.17, 15) is 0 Å². The summed E-state index contributed by atoms with van der Waals surface area (Å²) in [4.78, 5) is 2.63. The molecule has 1 aliphatic carbocycles. The number of halogens is 1. The van der Waals surface area contributed by atoms with Crippen molar-refractivity contribution in [3.63, 3.8) is 0 Å². The van der Waals surface area contributed by atoms with E-state index in [1.54, 1.807) is 0 Å². The van der Waals surface area contributed by atoms with Gasteiger partial charge >= 0.3 is 0 Å². The minimum atomic E-state index is 0.365. The van der Waals surface area contributed by atoms with E-state index in [4.69, 9.17) is 0 Å². The van der Waals surface area contributed by atoms with Crippen LogP contribution in [0.1, 0.15) is 44.6 Å². The molecule has 1 N–H and O–H groups in total. The third-order valence-electron chi connectivity index (χ3n) is 5.06. The van der Waals surface area contributed by atoms with Gasteiger partial charge in [0.25, 0.3) is 0 Å². The van der Waals surface area contributed by atoms with Crippen molar-refractivity contribution < 1.29 is 0 Å². The molecule has 1 aromatic carbocycles. The summed E-state index contributed by atoms with van der Waals surface area (Å²) in [6.07, 6.45) is 6.86. The first-order valence-corrected chi connectivity index (χ1v) is 8.67. The normalized spacial score (nSPS) is 25.9. The molecular formula is C17H25BrN2. The van der Waals surface area contributed by atoms with Crippen LogP contribution in [0.3, 0.4) is 0 Å². The summed E-state index contributed by atoms with van der Waals surface area (Å²) in [7, 11) is 0. The highest BCUT2D eigenvalue weighted by molar-refractivity contribution is 9.10. The number of hydrogen-bond acceptors (Lipinski definition) is 2. The smallest absolute Gasteiger partial charge is 0.0400 e. The molecule has 1 unspecified atom stereocenters. The maximum Gasteiger partial charge on any atom is 0.0400 e. The number of rotatable bonds is 1. The summed E-state index contributed by atoms with van der Waals surface area (Å²) in [5.41, 5.74) is 3.15. The molecule has 0 amide bonds. The van der Waals surface area contributed by atoms with Crippen molar-refractivity contribution in [1.82, 2.24) is 5.32 Å². The molecule has 3 rings (SSSR count). The Morgan fingerprint density at radius 2 is 2.00 bits per heavy atom. The van der Waals surface area contributed by atoms with Crippen LogP contribution in [-0.2, 0) is 0 Å². The maximum atomic E-state index is 3.86. The second-order valence-electron chi connectivity index (χ2n) is 6.63. The van der Waals surface area contributed by atoms with Crippen molar-refractivity contribution in [1.29, 1.82) is 0 Å². The summed E-state index contributed by atoms with van der Waals surface area (Å²) in [6.45, 7) is 6.83. The lowest BCUT2D eigenvalue weighted by molar-refractivity contribution is 0.200. The quantitative estimate of drug-likeness (QED) is 0.824. The first-order valence-electron chi connectivity index (χ1n) is 7.87. The molecule has 3 heteroatoms. The number of anilines is 1. The van der Waals surface area contributed by atoms with Gasteiger partial charge in [0.15, 0.2) is 0 Å². The van der Waals surface area contributed by atoms with E-state index in [1.165, 1.54) is 47.8 Å². The number of nitrogens with zero attached hydrogens (tertiary/aromatic N) is 1. The van der Waals surface area contributed by atoms with Crippen LogP contribution in [0.5, 0.6) is 0 Å². The second kappa shape index (κ2) is 5.69. The van der Waals surface area contributed by atoms with Crippen LogP contribution in [0.25, 0.3) is 0 Å². The van der Waals surface area contributed by atoms with E-state index in [0.717, 1.165) is 13.1 Å². The van der Waals surface area contributed by atoms with Crippen molar-refractivity contribution in [2.24, 2.45) is 0 Å². The van der Waals surface area contributed by atoms with Crippen LogP contribution in [-0.4, -0.2) is 24.7 Å². The van der Waals surface area contributed by atoms with Crippen LogP contribution in [0, 0.1) is 6.92 Å². The molecule has 2 aliphatic rings. The van der Waals surface area contributed by atoms with Crippen molar-refractivity contribution in [3.05, 3.63) is 28.2 Å². The maximum absolute atomic E-state index is 3.86. The average Bonchev–Trinajstić information content (AvgIpc) is 2.43. The van der Waals surface area contributed by atoms with Gasteiger partial charge in [-0.25, -0.2) is 0 Å². The number of nitrogens with one attached hydrogen (secondary N) is 1. The number of hydrogen-bond donors (Lipinski definition) is 1. The Hall–Kier alpha value is -0.540. The fourth-order valence-electron chi connectivity index (χ4n) is 3.84. The lowest BCUT2D eigenvalue weighted by atomic mass is 9.79. The van der Waals surface area contributed by atoms with E-state index in [-0.39, 0.29) is 0 Å². The molecule has 20 heavy (non-hydrogen) atoms. The topological polar surface area (TPSA) is 15.3 Å². The highest BCUT2D eigenvalue weighted by Crippen LogP contribution is 2.35. The van der Waals surface area contributed by atoms with Gasteiger partial charge in [-0.3, -0.25) is 0 Å². The summed E-state index contributed by atoms with van der Waals surface area (Å²) in [5, 5.41) is 3.86. The molecule has 1 spiro atoms. The SMILES string of the molecule is Cc1cc(Br)ccc1N1CC2(CCCCC2)NCC1C. The molecule has 1 heterocycles. The fourth-order valence-corrected chi connectivity index (χ4v) is 4.31. The van der Waals surface area contributed by atoms with Crippen LogP contribution in [0.2, 0.25) is 0 Å². The molecule has 1 saturated heterocycles. The highest BCUT2D eigenvalue weighted by atomic mass is 79.9. The molecule has 0 radical (unpaired) electrons. The minimum absolute atomic E-state index is 0.365. The van der Waals surface area contributed by atoms with Crippen LogP contribution in [0.15, 0.2) is 22.7 Å². The molecular weight excluding hydrogens is 312 g/mol. The summed E-state index contributed by atoms with van der Waals surface area (Å²) < 4.78 is 1.17. The minimum Gasteiger partial charge on any atom is -0.365 e. The third-order valence-corrected chi connectivity index (χ3v) is 5.55. The zero-order valence-corrected chi connectivity index (χ0v) is 14.2. The van der Waals surface area contributed by atoms with Crippen molar-refractivity contribution in [2.45, 2.75) is 57.5 Å². The standard InChI is InChI=1S/C17H25BrN2/c1-13-10-15(18)6-7-16(13)20-12-17(19-11-14(20)2)8-4-3-5-9-17/h6-7,10,14,19H,3-5,8-9,11-12H2,1-2H3. The molecule has 2 fully saturated rings.